The molecule has 0 fully saturated rings. The molecule has 0 rings (SSSR count). The van der Waals surface area contributed by atoms with Gasteiger partial charge in [-0.25, -0.2) is 9.59 Å². The SMILES string of the molecule is CCCCCCCCCOC(=O)C(C(C)C)N(C)C(=O)OCC(CC)CCCC. The largest absolute Gasteiger partial charge is 0.464 e. The summed E-state index contributed by atoms with van der Waals surface area (Å²) in [4.78, 5) is 26.5. The van der Waals surface area contributed by atoms with Gasteiger partial charge in [0, 0.05) is 7.05 Å². The first kappa shape index (κ1) is 27.7. The molecule has 1 amide bonds. The zero-order chi connectivity index (χ0) is 22.1. The molecule has 0 aliphatic rings. The maximum atomic E-state index is 12.6. The van der Waals surface area contributed by atoms with Gasteiger partial charge in [-0.05, 0) is 24.7 Å². The maximum absolute atomic E-state index is 12.6. The third-order valence-electron chi connectivity index (χ3n) is 5.56. The highest BCUT2D eigenvalue weighted by Crippen LogP contribution is 2.16. The molecule has 0 aromatic carbocycles. The van der Waals surface area contributed by atoms with Crippen LogP contribution in [0.15, 0.2) is 0 Å². The lowest BCUT2D eigenvalue weighted by atomic mass is 10.0. The minimum absolute atomic E-state index is 0.0313. The highest BCUT2D eigenvalue weighted by Gasteiger charge is 2.32. The third kappa shape index (κ3) is 12.8. The van der Waals surface area contributed by atoms with Crippen molar-refractivity contribution in [1.82, 2.24) is 4.90 Å². The minimum atomic E-state index is -0.609. The molecule has 0 bridgehead atoms. The van der Waals surface area contributed by atoms with Crippen molar-refractivity contribution in [3.63, 3.8) is 0 Å². The van der Waals surface area contributed by atoms with Gasteiger partial charge in [0.2, 0.25) is 0 Å². The Balaban J connectivity index is 4.36. The van der Waals surface area contributed by atoms with Crippen molar-refractivity contribution >= 4 is 12.1 Å². The molecule has 0 saturated carbocycles. The quantitative estimate of drug-likeness (QED) is 0.199. The fourth-order valence-electron chi connectivity index (χ4n) is 3.50. The first-order chi connectivity index (χ1) is 13.9. The summed E-state index contributed by atoms with van der Waals surface area (Å²) in [6.45, 7) is 11.2. The molecule has 0 aromatic heterocycles. The number of hydrogen-bond acceptors (Lipinski definition) is 4. The van der Waals surface area contributed by atoms with E-state index in [9.17, 15) is 9.59 Å². The van der Waals surface area contributed by atoms with Crippen molar-refractivity contribution in [2.45, 2.75) is 111 Å². The van der Waals surface area contributed by atoms with E-state index in [1.54, 1.807) is 7.05 Å². The monoisotopic (exact) mass is 413 g/mol. The summed E-state index contributed by atoms with van der Waals surface area (Å²) in [5, 5.41) is 0. The summed E-state index contributed by atoms with van der Waals surface area (Å²) in [5.74, 6) is 0.0219. The fourth-order valence-corrected chi connectivity index (χ4v) is 3.50. The molecule has 2 atom stereocenters. The molecule has 0 radical (unpaired) electrons. The molecule has 5 nitrogen and oxygen atoms in total. The lowest BCUT2D eigenvalue weighted by molar-refractivity contribution is -0.150. The molecular weight excluding hydrogens is 366 g/mol. The number of amides is 1. The summed E-state index contributed by atoms with van der Waals surface area (Å²) >= 11 is 0. The van der Waals surface area contributed by atoms with Crippen LogP contribution in [-0.4, -0.2) is 43.3 Å². The highest BCUT2D eigenvalue weighted by molar-refractivity contribution is 5.81. The molecule has 29 heavy (non-hydrogen) atoms. The minimum Gasteiger partial charge on any atom is -0.464 e. The Morgan fingerprint density at radius 3 is 1.97 bits per heavy atom. The van der Waals surface area contributed by atoms with Crippen LogP contribution in [0.1, 0.15) is 105 Å². The Kier molecular flexibility index (Phi) is 16.8. The van der Waals surface area contributed by atoms with Crippen LogP contribution in [0.3, 0.4) is 0 Å². The van der Waals surface area contributed by atoms with Gasteiger partial charge in [0.15, 0.2) is 0 Å². The second-order valence-corrected chi connectivity index (χ2v) is 8.58. The zero-order valence-corrected chi connectivity index (χ0v) is 20.0. The number of esters is 1. The van der Waals surface area contributed by atoms with Crippen LogP contribution >= 0.6 is 0 Å². The van der Waals surface area contributed by atoms with Crippen molar-refractivity contribution in [2.24, 2.45) is 11.8 Å². The van der Waals surface area contributed by atoms with Crippen LogP contribution in [0, 0.1) is 11.8 Å². The number of rotatable bonds is 17. The van der Waals surface area contributed by atoms with Crippen molar-refractivity contribution < 1.29 is 19.1 Å². The van der Waals surface area contributed by atoms with Crippen LogP contribution in [0.4, 0.5) is 4.79 Å². The smallest absolute Gasteiger partial charge is 0.410 e. The van der Waals surface area contributed by atoms with Crippen LogP contribution in [0.2, 0.25) is 0 Å². The fraction of sp³-hybridized carbons (Fsp3) is 0.917. The number of hydrogen-bond donors (Lipinski definition) is 0. The lowest BCUT2D eigenvalue weighted by Gasteiger charge is -2.29. The first-order valence-electron chi connectivity index (χ1n) is 11.9. The van der Waals surface area contributed by atoms with Gasteiger partial charge in [-0.2, -0.15) is 0 Å². The average molecular weight is 414 g/mol. The molecule has 2 unspecified atom stereocenters. The Morgan fingerprint density at radius 2 is 1.41 bits per heavy atom. The summed E-state index contributed by atoms with van der Waals surface area (Å²) in [7, 11) is 1.63. The molecule has 172 valence electrons. The molecule has 0 aromatic rings. The third-order valence-corrected chi connectivity index (χ3v) is 5.56. The van der Waals surface area contributed by atoms with Gasteiger partial charge in [-0.1, -0.05) is 92.4 Å². The van der Waals surface area contributed by atoms with Gasteiger partial charge >= 0.3 is 12.1 Å². The Bertz CT molecular complexity index is 425. The van der Waals surface area contributed by atoms with Crippen LogP contribution in [0.5, 0.6) is 0 Å². The van der Waals surface area contributed by atoms with E-state index in [1.165, 1.54) is 37.0 Å². The van der Waals surface area contributed by atoms with Gasteiger partial charge < -0.3 is 9.47 Å². The predicted molar refractivity (Wildman–Crippen MR) is 120 cm³/mol. The van der Waals surface area contributed by atoms with Gasteiger partial charge in [-0.3, -0.25) is 4.90 Å². The summed E-state index contributed by atoms with van der Waals surface area (Å²) in [6, 6.07) is -0.609. The van der Waals surface area contributed by atoms with E-state index < -0.39 is 12.1 Å². The summed E-state index contributed by atoms with van der Waals surface area (Å²) in [5.41, 5.74) is 0. The van der Waals surface area contributed by atoms with Gasteiger partial charge in [0.05, 0.1) is 13.2 Å². The van der Waals surface area contributed by atoms with Gasteiger partial charge in [-0.15, -0.1) is 0 Å². The number of nitrogens with zero attached hydrogens (tertiary/aromatic N) is 1. The summed E-state index contributed by atoms with van der Waals surface area (Å²) in [6.07, 6.45) is 12.1. The normalized spacial score (nSPS) is 13.2. The molecule has 5 heteroatoms. The maximum Gasteiger partial charge on any atom is 0.410 e. The lowest BCUT2D eigenvalue weighted by Crippen LogP contribution is -2.47. The van der Waals surface area contributed by atoms with Crippen molar-refractivity contribution in [3.8, 4) is 0 Å². The van der Waals surface area contributed by atoms with Crippen LogP contribution < -0.4 is 0 Å². The zero-order valence-electron chi connectivity index (χ0n) is 20.0. The van der Waals surface area contributed by atoms with E-state index in [-0.39, 0.29) is 11.9 Å². The second kappa shape index (κ2) is 17.6. The number of ether oxygens (including phenoxy) is 2. The highest BCUT2D eigenvalue weighted by atomic mass is 16.6. The predicted octanol–water partition coefficient (Wildman–Crippen LogP) is 6.59. The number of carbonyl (C=O) groups is 2. The van der Waals surface area contributed by atoms with E-state index in [0.29, 0.717) is 19.1 Å². The molecular formula is C24H47NO4. The van der Waals surface area contributed by atoms with E-state index in [0.717, 1.165) is 38.5 Å². The van der Waals surface area contributed by atoms with Crippen LogP contribution in [0.25, 0.3) is 0 Å². The topological polar surface area (TPSA) is 55.8 Å². The van der Waals surface area contributed by atoms with E-state index in [2.05, 4.69) is 20.8 Å². The Hall–Kier alpha value is -1.26. The average Bonchev–Trinajstić information content (AvgIpc) is 2.69. The molecule has 0 N–H and O–H groups in total. The van der Waals surface area contributed by atoms with Gasteiger partial charge in [0.25, 0.3) is 0 Å². The van der Waals surface area contributed by atoms with E-state index >= 15 is 0 Å². The van der Waals surface area contributed by atoms with Crippen LogP contribution in [-0.2, 0) is 14.3 Å². The number of unbranched alkanes of at least 4 members (excludes halogenated alkanes) is 7. The standard InChI is InChI=1S/C24H47NO4/c1-7-10-12-13-14-15-16-18-28-23(26)22(20(4)5)25(6)24(27)29-19-21(9-3)17-11-8-2/h20-22H,7-19H2,1-6H3. The molecule has 0 heterocycles. The van der Waals surface area contributed by atoms with E-state index in [4.69, 9.17) is 9.47 Å². The first-order valence-corrected chi connectivity index (χ1v) is 11.9. The Labute approximate surface area is 179 Å². The van der Waals surface area contributed by atoms with E-state index in [1.807, 2.05) is 13.8 Å². The number of carbonyl (C=O) groups excluding carboxylic acids is 2. The van der Waals surface area contributed by atoms with Crippen molar-refractivity contribution in [2.75, 3.05) is 20.3 Å². The number of likely N-dealkylation sites (N-methyl/N-ethyl adjacent to an activating group) is 1. The Morgan fingerprint density at radius 1 is 0.828 bits per heavy atom. The van der Waals surface area contributed by atoms with Gasteiger partial charge in [0.1, 0.15) is 6.04 Å². The molecule has 0 aliphatic carbocycles. The van der Waals surface area contributed by atoms with Crippen molar-refractivity contribution in [1.29, 1.82) is 0 Å². The summed E-state index contributed by atoms with van der Waals surface area (Å²) < 4.78 is 11.0. The second-order valence-electron chi connectivity index (χ2n) is 8.58. The molecule has 0 spiro atoms. The molecule has 0 aliphatic heterocycles. The van der Waals surface area contributed by atoms with Crippen molar-refractivity contribution in [3.05, 3.63) is 0 Å². The molecule has 0 saturated heterocycles.